The van der Waals surface area contributed by atoms with E-state index in [0.717, 1.165) is 3.57 Å². The molecule has 0 fully saturated rings. The van der Waals surface area contributed by atoms with E-state index in [-0.39, 0.29) is 11.5 Å². The van der Waals surface area contributed by atoms with E-state index in [1.54, 1.807) is 12.1 Å². The van der Waals surface area contributed by atoms with Gasteiger partial charge in [0.2, 0.25) is 5.91 Å². The molecule has 0 spiro atoms. The van der Waals surface area contributed by atoms with Crippen LogP contribution in [0.25, 0.3) is 0 Å². The van der Waals surface area contributed by atoms with Crippen molar-refractivity contribution in [1.82, 2.24) is 0 Å². The van der Waals surface area contributed by atoms with Crippen LogP contribution >= 0.6 is 34.2 Å². The van der Waals surface area contributed by atoms with Crippen molar-refractivity contribution in [1.29, 1.82) is 0 Å². The third-order valence-corrected chi connectivity index (χ3v) is 3.89. The van der Waals surface area contributed by atoms with Crippen molar-refractivity contribution in [2.45, 2.75) is 0 Å². The Bertz CT molecular complexity index is 689. The minimum absolute atomic E-state index is 0.285. The van der Waals surface area contributed by atoms with Crippen LogP contribution in [0.1, 0.15) is 20.7 Å². The maximum absolute atomic E-state index is 12.2. The molecule has 2 aromatic carbocycles. The third-order valence-electron chi connectivity index (χ3n) is 2.62. The fourth-order valence-corrected chi connectivity index (χ4v) is 2.41. The summed E-state index contributed by atoms with van der Waals surface area (Å²) in [6, 6.07) is 11.6. The van der Waals surface area contributed by atoms with Crippen LogP contribution in [0, 0.1) is 3.57 Å². The monoisotopic (exact) mass is 400 g/mol. The van der Waals surface area contributed by atoms with Gasteiger partial charge in [0.15, 0.2) is 0 Å². The minimum atomic E-state index is -0.577. The largest absolute Gasteiger partial charge is 0.366 e. The molecule has 2 amide bonds. The van der Waals surface area contributed by atoms with Crippen LogP contribution < -0.4 is 11.1 Å². The molecule has 2 rings (SSSR count). The van der Waals surface area contributed by atoms with Gasteiger partial charge in [-0.15, -0.1) is 0 Å². The summed E-state index contributed by atoms with van der Waals surface area (Å²) < 4.78 is 0.824. The maximum Gasteiger partial charge on any atom is 0.256 e. The van der Waals surface area contributed by atoms with Gasteiger partial charge >= 0.3 is 0 Å². The molecule has 102 valence electrons. The molecule has 3 N–H and O–H groups in total. The summed E-state index contributed by atoms with van der Waals surface area (Å²) in [7, 11) is 0. The van der Waals surface area contributed by atoms with Gasteiger partial charge in [-0.25, -0.2) is 0 Å². The Kier molecular flexibility index (Phi) is 4.61. The number of hydrogen-bond acceptors (Lipinski definition) is 2. The molecular formula is C14H10ClIN2O2. The van der Waals surface area contributed by atoms with Gasteiger partial charge in [0, 0.05) is 9.13 Å². The predicted octanol–water partition coefficient (Wildman–Crippen LogP) is 3.30. The van der Waals surface area contributed by atoms with Crippen LogP contribution in [0.5, 0.6) is 0 Å². The zero-order valence-corrected chi connectivity index (χ0v) is 13.1. The molecule has 0 radical (unpaired) electrons. The molecule has 0 aliphatic rings. The number of amides is 2. The third kappa shape index (κ3) is 3.29. The van der Waals surface area contributed by atoms with Crippen LogP contribution in [-0.2, 0) is 0 Å². The lowest BCUT2D eigenvalue weighted by atomic mass is 10.1. The van der Waals surface area contributed by atoms with Crippen molar-refractivity contribution in [3.63, 3.8) is 0 Å². The van der Waals surface area contributed by atoms with Gasteiger partial charge in [-0.3, -0.25) is 9.59 Å². The number of halogens is 2. The van der Waals surface area contributed by atoms with E-state index in [9.17, 15) is 9.59 Å². The van der Waals surface area contributed by atoms with Crippen LogP contribution in [0.3, 0.4) is 0 Å². The van der Waals surface area contributed by atoms with Gasteiger partial charge in [-0.2, -0.15) is 0 Å². The second kappa shape index (κ2) is 6.23. The van der Waals surface area contributed by atoms with Gasteiger partial charge in [0.25, 0.3) is 5.91 Å². The summed E-state index contributed by atoms with van der Waals surface area (Å²) >= 11 is 8.08. The second-order valence-electron chi connectivity index (χ2n) is 3.99. The number of nitrogens with one attached hydrogen (secondary N) is 1. The number of carbonyl (C=O) groups excluding carboxylic acids is 2. The highest BCUT2D eigenvalue weighted by Crippen LogP contribution is 2.24. The lowest BCUT2D eigenvalue weighted by Gasteiger charge is -2.09. The summed E-state index contributed by atoms with van der Waals surface area (Å²) in [5.74, 6) is -0.870. The molecule has 4 nitrogen and oxygen atoms in total. The quantitative estimate of drug-likeness (QED) is 0.776. The van der Waals surface area contributed by atoms with E-state index in [1.807, 2.05) is 12.1 Å². The molecule has 0 aliphatic heterocycles. The number of nitrogens with two attached hydrogens (primary N) is 1. The minimum Gasteiger partial charge on any atom is -0.366 e. The van der Waals surface area contributed by atoms with E-state index in [0.29, 0.717) is 16.3 Å². The highest BCUT2D eigenvalue weighted by molar-refractivity contribution is 14.1. The van der Waals surface area contributed by atoms with Gasteiger partial charge in [-0.1, -0.05) is 23.7 Å². The number of hydrogen-bond donors (Lipinski definition) is 2. The first-order valence-electron chi connectivity index (χ1n) is 5.64. The molecule has 0 atom stereocenters. The van der Waals surface area contributed by atoms with Crippen molar-refractivity contribution < 1.29 is 9.59 Å². The molecule has 0 heterocycles. The van der Waals surface area contributed by atoms with E-state index < -0.39 is 5.91 Å². The fraction of sp³-hybridized carbons (Fsp3) is 0. The zero-order chi connectivity index (χ0) is 14.7. The SMILES string of the molecule is NC(=O)c1ccc(Cl)c(NC(=O)c2ccccc2I)c1. The Balaban J connectivity index is 2.30. The number of carbonyl (C=O) groups is 2. The second-order valence-corrected chi connectivity index (χ2v) is 5.56. The average Bonchev–Trinajstić information content (AvgIpc) is 2.41. The van der Waals surface area contributed by atoms with Crippen molar-refractivity contribution in [3.8, 4) is 0 Å². The van der Waals surface area contributed by atoms with Crippen LogP contribution in [0.4, 0.5) is 5.69 Å². The van der Waals surface area contributed by atoms with Gasteiger partial charge in [0.1, 0.15) is 0 Å². The molecule has 0 aromatic heterocycles. The van der Waals surface area contributed by atoms with Gasteiger partial charge < -0.3 is 11.1 Å². The van der Waals surface area contributed by atoms with Crippen molar-refractivity contribution in [2.75, 3.05) is 5.32 Å². The number of anilines is 1. The number of rotatable bonds is 3. The smallest absolute Gasteiger partial charge is 0.256 e. The Hall–Kier alpha value is -1.60. The molecular weight excluding hydrogens is 391 g/mol. The lowest BCUT2D eigenvalue weighted by molar-refractivity contribution is 0.0996. The first-order valence-corrected chi connectivity index (χ1v) is 7.10. The van der Waals surface area contributed by atoms with Crippen LogP contribution in [-0.4, -0.2) is 11.8 Å². The topological polar surface area (TPSA) is 72.2 Å². The fourth-order valence-electron chi connectivity index (χ4n) is 1.61. The summed E-state index contributed by atoms with van der Waals surface area (Å²) in [4.78, 5) is 23.3. The van der Waals surface area contributed by atoms with Crippen LogP contribution in [0.15, 0.2) is 42.5 Å². The standard InChI is InChI=1S/C14H10ClIN2O2/c15-10-6-5-8(13(17)19)7-12(10)18-14(20)9-3-1-2-4-11(9)16/h1-7H,(H2,17,19)(H,18,20). The molecule has 2 aromatic rings. The summed E-state index contributed by atoms with van der Waals surface area (Å²) in [6.45, 7) is 0. The Morgan fingerprint density at radius 1 is 1.15 bits per heavy atom. The van der Waals surface area contributed by atoms with Crippen molar-refractivity contribution >= 4 is 51.7 Å². The lowest BCUT2D eigenvalue weighted by Crippen LogP contribution is -2.15. The van der Waals surface area contributed by atoms with E-state index in [4.69, 9.17) is 17.3 Å². The Morgan fingerprint density at radius 3 is 2.50 bits per heavy atom. The molecule has 0 saturated heterocycles. The maximum atomic E-state index is 12.2. The highest BCUT2D eigenvalue weighted by atomic mass is 127. The van der Waals surface area contributed by atoms with E-state index in [2.05, 4.69) is 27.9 Å². The van der Waals surface area contributed by atoms with Crippen molar-refractivity contribution in [2.24, 2.45) is 5.73 Å². The normalized spacial score (nSPS) is 10.1. The number of benzene rings is 2. The zero-order valence-electron chi connectivity index (χ0n) is 10.2. The van der Waals surface area contributed by atoms with Gasteiger partial charge in [-0.05, 0) is 52.9 Å². The molecule has 0 unspecified atom stereocenters. The Labute approximate surface area is 134 Å². The summed E-state index contributed by atoms with van der Waals surface area (Å²) in [5, 5.41) is 3.02. The number of primary amides is 1. The molecule has 0 bridgehead atoms. The predicted molar refractivity (Wildman–Crippen MR) is 87.1 cm³/mol. The molecule has 20 heavy (non-hydrogen) atoms. The van der Waals surface area contributed by atoms with E-state index in [1.165, 1.54) is 18.2 Å². The first-order chi connectivity index (χ1) is 9.49. The molecule has 0 aliphatic carbocycles. The first kappa shape index (κ1) is 14.8. The average molecular weight is 401 g/mol. The molecule has 6 heteroatoms. The Morgan fingerprint density at radius 2 is 1.85 bits per heavy atom. The van der Waals surface area contributed by atoms with E-state index >= 15 is 0 Å². The molecule has 0 saturated carbocycles. The van der Waals surface area contributed by atoms with Gasteiger partial charge in [0.05, 0.1) is 16.3 Å². The van der Waals surface area contributed by atoms with Crippen molar-refractivity contribution in [3.05, 3.63) is 62.2 Å². The summed E-state index contributed by atoms with van der Waals surface area (Å²) in [6.07, 6.45) is 0. The highest BCUT2D eigenvalue weighted by Gasteiger charge is 2.12. The van der Waals surface area contributed by atoms with Crippen LogP contribution in [0.2, 0.25) is 5.02 Å². The summed E-state index contributed by atoms with van der Waals surface area (Å²) in [5.41, 5.74) is 6.38.